The predicted molar refractivity (Wildman–Crippen MR) is 106 cm³/mol. The largest absolute Gasteiger partial charge is 0.355 e. The third-order valence-electron chi connectivity index (χ3n) is 7.88. The minimum Gasteiger partial charge on any atom is -0.355 e. The van der Waals surface area contributed by atoms with Gasteiger partial charge in [-0.1, -0.05) is 0 Å². The summed E-state index contributed by atoms with van der Waals surface area (Å²) in [4.78, 5) is 0. The first-order valence-electron chi connectivity index (χ1n) is 12.0. The van der Waals surface area contributed by atoms with Gasteiger partial charge in [-0.05, 0) is 56.8 Å². The maximum absolute atomic E-state index is 6.72. The van der Waals surface area contributed by atoms with Crippen molar-refractivity contribution in [2.24, 2.45) is 17.8 Å². The van der Waals surface area contributed by atoms with Crippen LogP contribution in [0.4, 0.5) is 0 Å². The lowest BCUT2D eigenvalue weighted by Gasteiger charge is -2.45. The maximum atomic E-state index is 6.72. The van der Waals surface area contributed by atoms with Crippen LogP contribution in [0.5, 0.6) is 0 Å². The molecule has 3 saturated heterocycles. The zero-order valence-electron chi connectivity index (χ0n) is 17.8. The predicted octanol–water partition coefficient (Wildman–Crippen LogP) is 4.01. The van der Waals surface area contributed by atoms with E-state index in [1.54, 1.807) is 0 Å². The van der Waals surface area contributed by atoms with Gasteiger partial charge in [-0.15, -0.1) is 0 Å². The molecule has 0 aromatic heterocycles. The summed E-state index contributed by atoms with van der Waals surface area (Å²) in [5.41, 5.74) is 0. The van der Waals surface area contributed by atoms with Gasteiger partial charge >= 0.3 is 0 Å². The second kappa shape index (κ2) is 9.09. The van der Waals surface area contributed by atoms with E-state index in [1.165, 1.54) is 19.3 Å². The van der Waals surface area contributed by atoms with Crippen LogP contribution < -0.4 is 0 Å². The third kappa shape index (κ3) is 4.68. The summed E-state index contributed by atoms with van der Waals surface area (Å²) in [5, 5.41) is 0. The first-order chi connectivity index (χ1) is 14.3. The molecule has 3 aliphatic heterocycles. The Hall–Kier alpha value is -0.240. The van der Waals surface area contributed by atoms with Crippen molar-refractivity contribution in [3.63, 3.8) is 0 Å². The van der Waals surface area contributed by atoms with Crippen molar-refractivity contribution in [3.8, 4) is 0 Å². The van der Waals surface area contributed by atoms with Gasteiger partial charge in [-0.25, -0.2) is 0 Å². The first-order valence-corrected chi connectivity index (χ1v) is 12.0. The summed E-state index contributed by atoms with van der Waals surface area (Å²) < 4.78 is 36.4. The molecule has 0 N–H and O–H groups in total. The Kier molecular flexibility index (Phi) is 6.47. The Balaban J connectivity index is 1.20. The lowest BCUT2D eigenvalue weighted by Crippen LogP contribution is -2.47. The second-order valence-electron chi connectivity index (χ2n) is 9.82. The highest BCUT2D eigenvalue weighted by molar-refractivity contribution is 4.94. The molecule has 6 heteroatoms. The fraction of sp³-hybridized carbons (Fsp3) is 1.00. The van der Waals surface area contributed by atoms with Crippen molar-refractivity contribution in [2.45, 2.75) is 88.3 Å². The first kappa shape index (κ1) is 20.7. The Morgan fingerprint density at radius 2 is 1.38 bits per heavy atom. The summed E-state index contributed by atoms with van der Waals surface area (Å²) >= 11 is 0. The number of ether oxygens (including phenoxy) is 6. The van der Waals surface area contributed by atoms with Crippen LogP contribution in [0.15, 0.2) is 0 Å². The Morgan fingerprint density at radius 3 is 2.31 bits per heavy atom. The molecule has 2 aliphatic carbocycles. The molecule has 2 spiro atoms. The molecule has 0 amide bonds. The molecule has 0 aromatic carbocycles. The monoisotopic (exact) mass is 410 g/mol. The van der Waals surface area contributed by atoms with Crippen molar-refractivity contribution in [2.75, 3.05) is 39.8 Å². The summed E-state index contributed by atoms with van der Waals surface area (Å²) in [7, 11) is 0. The van der Waals surface area contributed by atoms with Crippen molar-refractivity contribution in [3.05, 3.63) is 0 Å². The van der Waals surface area contributed by atoms with E-state index >= 15 is 0 Å². The van der Waals surface area contributed by atoms with E-state index in [2.05, 4.69) is 0 Å². The van der Waals surface area contributed by atoms with E-state index in [-0.39, 0.29) is 17.7 Å². The van der Waals surface area contributed by atoms with Gasteiger partial charge in [0.05, 0.1) is 32.5 Å². The second-order valence-corrected chi connectivity index (χ2v) is 9.82. The topological polar surface area (TPSA) is 55.4 Å². The van der Waals surface area contributed by atoms with Crippen molar-refractivity contribution < 1.29 is 28.4 Å². The van der Waals surface area contributed by atoms with Crippen LogP contribution in [0, 0.1) is 17.8 Å². The van der Waals surface area contributed by atoms with E-state index in [1.807, 2.05) is 0 Å². The molecule has 5 aliphatic rings. The van der Waals surface area contributed by atoms with Gasteiger partial charge in [-0.3, -0.25) is 0 Å². The molecule has 2 saturated carbocycles. The molecule has 5 fully saturated rings. The minimum atomic E-state index is -0.370. The van der Waals surface area contributed by atoms with Gasteiger partial charge in [0.1, 0.15) is 6.79 Å². The summed E-state index contributed by atoms with van der Waals surface area (Å²) in [6.45, 7) is 4.46. The molecule has 6 nitrogen and oxygen atoms in total. The van der Waals surface area contributed by atoms with Crippen LogP contribution in [0.2, 0.25) is 0 Å². The molecule has 0 bridgehead atoms. The highest BCUT2D eigenvalue weighted by Gasteiger charge is 2.50. The fourth-order valence-corrected chi connectivity index (χ4v) is 6.37. The van der Waals surface area contributed by atoms with E-state index in [0.717, 1.165) is 84.4 Å². The average Bonchev–Trinajstić information content (AvgIpc) is 3.12. The van der Waals surface area contributed by atoms with Gasteiger partial charge < -0.3 is 28.4 Å². The summed E-state index contributed by atoms with van der Waals surface area (Å²) in [5.74, 6) is 1.11. The van der Waals surface area contributed by atoms with E-state index in [9.17, 15) is 0 Å². The molecule has 166 valence electrons. The molecule has 29 heavy (non-hydrogen) atoms. The van der Waals surface area contributed by atoms with Gasteiger partial charge in [0.15, 0.2) is 11.6 Å². The molecular formula is C23H38O6. The van der Waals surface area contributed by atoms with Crippen molar-refractivity contribution >= 4 is 0 Å². The quantitative estimate of drug-likeness (QED) is 0.686. The smallest absolute Gasteiger partial charge is 0.168 e. The third-order valence-corrected chi connectivity index (χ3v) is 7.88. The number of hydrogen-bond donors (Lipinski definition) is 0. The maximum Gasteiger partial charge on any atom is 0.168 e. The number of hydrogen-bond acceptors (Lipinski definition) is 6. The highest BCUT2D eigenvalue weighted by Crippen LogP contribution is 2.50. The SMILES string of the molecule is C1COC2(CCCC(C3CCC4(C3)OCCC(C3CCCOCOC3)O4)C2)OC1. The average molecular weight is 411 g/mol. The van der Waals surface area contributed by atoms with E-state index < -0.39 is 0 Å². The molecule has 5 unspecified atom stereocenters. The van der Waals surface area contributed by atoms with Gasteiger partial charge in [0, 0.05) is 38.2 Å². The number of rotatable bonds is 2. The summed E-state index contributed by atoms with van der Waals surface area (Å²) in [6.07, 6.45) is 12.3. The standard InChI is InChI=1S/C23H38O6/c1-4-18(14-22(8-1)26-11-3-12-27-22)19-6-9-23(15-19)28-13-7-21(29-23)20-5-2-10-24-17-25-16-20/h18-21H,1-17H2. The Labute approximate surface area is 174 Å². The molecule has 0 radical (unpaired) electrons. The van der Waals surface area contributed by atoms with E-state index in [0.29, 0.717) is 24.5 Å². The van der Waals surface area contributed by atoms with Gasteiger partial charge in [-0.2, -0.15) is 0 Å². The molecular weight excluding hydrogens is 372 g/mol. The zero-order chi connectivity index (χ0) is 19.6. The molecule has 0 aromatic rings. The normalized spacial score (nSPS) is 43.9. The van der Waals surface area contributed by atoms with Crippen LogP contribution in [0.1, 0.15) is 70.6 Å². The highest BCUT2D eigenvalue weighted by atomic mass is 16.7. The van der Waals surface area contributed by atoms with Crippen LogP contribution in [0.3, 0.4) is 0 Å². The molecule has 5 rings (SSSR count). The zero-order valence-corrected chi connectivity index (χ0v) is 17.8. The van der Waals surface area contributed by atoms with Gasteiger partial charge in [0.2, 0.25) is 0 Å². The Morgan fingerprint density at radius 1 is 0.586 bits per heavy atom. The van der Waals surface area contributed by atoms with E-state index in [4.69, 9.17) is 28.4 Å². The van der Waals surface area contributed by atoms with Crippen LogP contribution in [0.25, 0.3) is 0 Å². The van der Waals surface area contributed by atoms with Crippen molar-refractivity contribution in [1.82, 2.24) is 0 Å². The van der Waals surface area contributed by atoms with Crippen LogP contribution in [-0.2, 0) is 28.4 Å². The summed E-state index contributed by atoms with van der Waals surface area (Å²) in [6, 6.07) is 0. The Bertz CT molecular complexity index is 522. The van der Waals surface area contributed by atoms with Gasteiger partial charge in [0.25, 0.3) is 0 Å². The fourth-order valence-electron chi connectivity index (χ4n) is 6.37. The molecule has 5 atom stereocenters. The lowest BCUT2D eigenvalue weighted by atomic mass is 9.76. The van der Waals surface area contributed by atoms with Crippen LogP contribution >= 0.6 is 0 Å². The lowest BCUT2D eigenvalue weighted by molar-refractivity contribution is -0.306. The van der Waals surface area contributed by atoms with Crippen LogP contribution in [-0.4, -0.2) is 57.5 Å². The van der Waals surface area contributed by atoms with Crippen molar-refractivity contribution in [1.29, 1.82) is 0 Å². The molecule has 3 heterocycles. The minimum absolute atomic E-state index is 0.253.